The smallest absolute Gasteiger partial charge is 0.165 e. The van der Waals surface area contributed by atoms with Crippen LogP contribution in [-0.2, 0) is 6.54 Å². The molecule has 2 bridgehead atoms. The molecule has 0 amide bonds. The molecule has 1 fully saturated rings. The van der Waals surface area contributed by atoms with Gasteiger partial charge in [-0.2, -0.15) is 0 Å². The Balaban J connectivity index is 1.69. The normalized spacial score (nSPS) is 27.2. The Bertz CT molecular complexity index is 716. The molecule has 4 nitrogen and oxygen atoms in total. The average molecular weight is 289 g/mol. The molecular formula is C15H17ClN4. The van der Waals surface area contributed by atoms with Crippen LogP contribution in [0.25, 0.3) is 11.2 Å². The molecule has 3 aliphatic carbocycles. The van der Waals surface area contributed by atoms with E-state index in [1.807, 2.05) is 6.33 Å². The lowest BCUT2D eigenvalue weighted by Gasteiger charge is -2.56. The highest BCUT2D eigenvalue weighted by Crippen LogP contribution is 2.59. The zero-order valence-corrected chi connectivity index (χ0v) is 12.4. The van der Waals surface area contributed by atoms with Gasteiger partial charge in [0, 0.05) is 6.54 Å². The van der Waals surface area contributed by atoms with E-state index in [1.165, 1.54) is 24.7 Å². The van der Waals surface area contributed by atoms with Gasteiger partial charge in [0.15, 0.2) is 10.8 Å². The SMILES string of the molecule is CC1(C)C2CC=C(Cn3cnc4c(Cl)ncnc43)C1C2. The van der Waals surface area contributed by atoms with E-state index in [9.17, 15) is 0 Å². The molecule has 104 valence electrons. The van der Waals surface area contributed by atoms with Gasteiger partial charge in [0.25, 0.3) is 0 Å². The van der Waals surface area contributed by atoms with E-state index in [4.69, 9.17) is 11.6 Å². The van der Waals surface area contributed by atoms with Crippen molar-refractivity contribution in [1.82, 2.24) is 19.5 Å². The fourth-order valence-electron chi connectivity index (χ4n) is 3.82. The van der Waals surface area contributed by atoms with Crippen molar-refractivity contribution in [3.05, 3.63) is 29.5 Å². The number of rotatable bonds is 2. The molecule has 5 heteroatoms. The second kappa shape index (κ2) is 4.04. The summed E-state index contributed by atoms with van der Waals surface area (Å²) in [6.07, 6.45) is 8.28. The molecular weight excluding hydrogens is 272 g/mol. The minimum Gasteiger partial charge on any atom is -0.311 e. The first kappa shape index (κ1) is 12.3. The Morgan fingerprint density at radius 1 is 1.35 bits per heavy atom. The molecule has 2 aromatic heterocycles. The maximum absolute atomic E-state index is 6.05. The molecule has 20 heavy (non-hydrogen) atoms. The van der Waals surface area contributed by atoms with Gasteiger partial charge in [-0.05, 0) is 30.1 Å². The first-order chi connectivity index (χ1) is 9.57. The van der Waals surface area contributed by atoms with Crippen molar-refractivity contribution in [2.45, 2.75) is 33.2 Å². The third-order valence-electron chi connectivity index (χ3n) is 5.29. The van der Waals surface area contributed by atoms with E-state index < -0.39 is 0 Å². The van der Waals surface area contributed by atoms with Gasteiger partial charge >= 0.3 is 0 Å². The average Bonchev–Trinajstić information content (AvgIpc) is 2.83. The minimum atomic E-state index is 0.426. The van der Waals surface area contributed by atoms with Crippen LogP contribution in [0.5, 0.6) is 0 Å². The summed E-state index contributed by atoms with van der Waals surface area (Å²) in [6, 6.07) is 0. The van der Waals surface area contributed by atoms with Crippen molar-refractivity contribution in [2.75, 3.05) is 0 Å². The summed E-state index contributed by atoms with van der Waals surface area (Å²) in [5.74, 6) is 1.57. The number of imidazole rings is 1. The lowest BCUT2D eigenvalue weighted by Crippen LogP contribution is -2.48. The van der Waals surface area contributed by atoms with Gasteiger partial charge in [-0.1, -0.05) is 37.1 Å². The molecule has 0 radical (unpaired) electrons. The second-order valence-corrected chi connectivity index (χ2v) is 6.89. The molecule has 0 spiro atoms. The molecule has 0 aromatic carbocycles. The standard InChI is InChI=1S/C15H17ClN4/c1-15(2)10-4-3-9(11(15)5-10)6-20-8-19-12-13(16)17-7-18-14(12)20/h3,7-8,10-11H,4-6H2,1-2H3. The van der Waals surface area contributed by atoms with E-state index in [2.05, 4.69) is 39.4 Å². The molecule has 5 rings (SSSR count). The van der Waals surface area contributed by atoms with E-state index in [1.54, 1.807) is 0 Å². The number of hydrogen-bond acceptors (Lipinski definition) is 3. The summed E-state index contributed by atoms with van der Waals surface area (Å²) in [4.78, 5) is 12.6. The fraction of sp³-hybridized carbons (Fsp3) is 0.533. The summed E-state index contributed by atoms with van der Waals surface area (Å²) < 4.78 is 2.09. The highest BCUT2D eigenvalue weighted by atomic mass is 35.5. The van der Waals surface area contributed by atoms with E-state index >= 15 is 0 Å². The number of fused-ring (bicyclic) bond motifs is 2. The lowest BCUT2D eigenvalue weighted by molar-refractivity contribution is -0.00887. The Hall–Kier alpha value is -1.42. The van der Waals surface area contributed by atoms with Crippen LogP contribution in [0.4, 0.5) is 0 Å². The number of halogens is 1. The van der Waals surface area contributed by atoms with E-state index in [0.29, 0.717) is 22.0 Å². The Kier molecular flexibility index (Phi) is 2.49. The lowest BCUT2D eigenvalue weighted by atomic mass is 9.49. The topological polar surface area (TPSA) is 43.6 Å². The monoisotopic (exact) mass is 288 g/mol. The Morgan fingerprint density at radius 2 is 2.20 bits per heavy atom. The van der Waals surface area contributed by atoms with Gasteiger partial charge in [0.1, 0.15) is 11.8 Å². The molecule has 3 aliphatic rings. The van der Waals surface area contributed by atoms with Gasteiger partial charge in [0.2, 0.25) is 0 Å². The van der Waals surface area contributed by atoms with Gasteiger partial charge in [-0.25, -0.2) is 15.0 Å². The summed E-state index contributed by atoms with van der Waals surface area (Å²) in [6.45, 7) is 5.65. The minimum absolute atomic E-state index is 0.426. The van der Waals surface area contributed by atoms with Crippen molar-refractivity contribution in [1.29, 1.82) is 0 Å². The largest absolute Gasteiger partial charge is 0.311 e. The Labute approximate surface area is 122 Å². The fourth-order valence-corrected chi connectivity index (χ4v) is 4.00. The van der Waals surface area contributed by atoms with Crippen LogP contribution in [0, 0.1) is 17.3 Å². The third-order valence-corrected chi connectivity index (χ3v) is 5.57. The van der Waals surface area contributed by atoms with Crippen LogP contribution in [0.1, 0.15) is 26.7 Å². The van der Waals surface area contributed by atoms with Gasteiger partial charge in [0.05, 0.1) is 6.33 Å². The van der Waals surface area contributed by atoms with E-state index in [-0.39, 0.29) is 0 Å². The summed E-state index contributed by atoms with van der Waals surface area (Å²) in [5.41, 5.74) is 3.49. The quantitative estimate of drug-likeness (QED) is 0.628. The molecule has 1 saturated carbocycles. The van der Waals surface area contributed by atoms with Gasteiger partial charge in [-0.15, -0.1) is 0 Å². The summed E-state index contributed by atoms with van der Waals surface area (Å²) in [7, 11) is 0. The number of allylic oxidation sites excluding steroid dienone is 2. The van der Waals surface area contributed by atoms with E-state index in [0.717, 1.165) is 18.1 Å². The highest BCUT2D eigenvalue weighted by molar-refractivity contribution is 6.33. The molecule has 2 heterocycles. The predicted octanol–water partition coefficient (Wildman–Crippen LogP) is 3.47. The first-order valence-electron chi connectivity index (χ1n) is 7.07. The van der Waals surface area contributed by atoms with Crippen LogP contribution in [-0.4, -0.2) is 19.5 Å². The third kappa shape index (κ3) is 1.57. The van der Waals surface area contributed by atoms with Crippen LogP contribution in [0.2, 0.25) is 5.15 Å². The summed E-state index contributed by atoms with van der Waals surface area (Å²) in [5, 5.41) is 0.426. The molecule has 0 aliphatic heterocycles. The molecule has 2 aromatic rings. The number of aromatic nitrogens is 4. The number of nitrogens with zero attached hydrogens (tertiary/aromatic N) is 4. The van der Waals surface area contributed by atoms with Crippen LogP contribution >= 0.6 is 11.6 Å². The Morgan fingerprint density at radius 3 is 2.95 bits per heavy atom. The van der Waals surface area contributed by atoms with Crippen molar-refractivity contribution in [3.63, 3.8) is 0 Å². The zero-order valence-electron chi connectivity index (χ0n) is 11.7. The molecule has 2 unspecified atom stereocenters. The summed E-state index contributed by atoms with van der Waals surface area (Å²) >= 11 is 6.05. The molecule has 0 saturated heterocycles. The van der Waals surface area contributed by atoms with Crippen LogP contribution in [0.15, 0.2) is 24.3 Å². The number of hydrogen-bond donors (Lipinski definition) is 0. The zero-order chi connectivity index (χ0) is 13.9. The van der Waals surface area contributed by atoms with Gasteiger partial charge < -0.3 is 4.57 Å². The van der Waals surface area contributed by atoms with Crippen molar-refractivity contribution in [3.8, 4) is 0 Å². The molecule has 2 atom stereocenters. The second-order valence-electron chi connectivity index (χ2n) is 6.53. The van der Waals surface area contributed by atoms with Crippen LogP contribution < -0.4 is 0 Å². The van der Waals surface area contributed by atoms with Crippen molar-refractivity contribution in [2.24, 2.45) is 17.3 Å². The van der Waals surface area contributed by atoms with Crippen molar-refractivity contribution < 1.29 is 0 Å². The van der Waals surface area contributed by atoms with Crippen molar-refractivity contribution >= 4 is 22.8 Å². The molecule has 0 N–H and O–H groups in total. The maximum Gasteiger partial charge on any atom is 0.165 e. The highest BCUT2D eigenvalue weighted by Gasteiger charge is 2.50. The predicted molar refractivity (Wildman–Crippen MR) is 78.4 cm³/mol. The first-order valence-corrected chi connectivity index (χ1v) is 7.45. The van der Waals surface area contributed by atoms with Crippen LogP contribution in [0.3, 0.4) is 0 Å². The van der Waals surface area contributed by atoms with Gasteiger partial charge in [-0.3, -0.25) is 0 Å². The maximum atomic E-state index is 6.05.